The zero-order valence-electron chi connectivity index (χ0n) is 9.59. The molecule has 1 aromatic heterocycles. The van der Waals surface area contributed by atoms with Crippen LogP contribution in [0.15, 0.2) is 24.3 Å². The minimum Gasteiger partial charge on any atom is -0.310 e. The van der Waals surface area contributed by atoms with Crippen LogP contribution in [0.5, 0.6) is 0 Å². The maximum Gasteiger partial charge on any atom is 0.123 e. The van der Waals surface area contributed by atoms with Crippen LogP contribution in [0.3, 0.4) is 0 Å². The van der Waals surface area contributed by atoms with Crippen LogP contribution in [0.2, 0.25) is 0 Å². The van der Waals surface area contributed by atoms with Crippen LogP contribution in [-0.2, 0) is 0 Å². The Bertz CT molecular complexity index is 478. The van der Waals surface area contributed by atoms with Gasteiger partial charge in [0.1, 0.15) is 5.82 Å². The highest BCUT2D eigenvalue weighted by molar-refractivity contribution is 7.19. The Morgan fingerprint density at radius 3 is 2.81 bits per heavy atom. The van der Waals surface area contributed by atoms with Gasteiger partial charge >= 0.3 is 0 Å². The van der Waals surface area contributed by atoms with Crippen LogP contribution in [0.1, 0.15) is 31.2 Å². The van der Waals surface area contributed by atoms with Crippen LogP contribution in [0.4, 0.5) is 4.39 Å². The highest BCUT2D eigenvalue weighted by atomic mass is 32.1. The summed E-state index contributed by atoms with van der Waals surface area (Å²) >= 11 is 1.75. The van der Waals surface area contributed by atoms with Crippen molar-refractivity contribution < 1.29 is 4.39 Å². The lowest BCUT2D eigenvalue weighted by molar-refractivity contribution is 0.546. The van der Waals surface area contributed by atoms with Gasteiger partial charge in [0.2, 0.25) is 0 Å². The van der Waals surface area contributed by atoms with E-state index in [-0.39, 0.29) is 5.82 Å². The average molecular weight is 237 g/mol. The van der Waals surface area contributed by atoms with Gasteiger partial charge in [0.15, 0.2) is 0 Å². The van der Waals surface area contributed by atoms with E-state index in [0.29, 0.717) is 6.04 Å². The molecule has 0 bridgehead atoms. The normalized spacial score (nSPS) is 13.2. The molecule has 3 heteroatoms. The summed E-state index contributed by atoms with van der Waals surface area (Å²) in [5.41, 5.74) is 0. The zero-order chi connectivity index (χ0) is 11.5. The predicted octanol–water partition coefficient (Wildman–Crippen LogP) is 4.10. The summed E-state index contributed by atoms with van der Waals surface area (Å²) in [7, 11) is 0. The van der Waals surface area contributed by atoms with Gasteiger partial charge in [-0.15, -0.1) is 11.3 Å². The zero-order valence-corrected chi connectivity index (χ0v) is 10.4. The molecule has 1 aromatic carbocycles. The molecule has 2 aromatic rings. The van der Waals surface area contributed by atoms with Gasteiger partial charge in [0.05, 0.1) is 0 Å². The van der Waals surface area contributed by atoms with Gasteiger partial charge in [-0.25, -0.2) is 4.39 Å². The summed E-state index contributed by atoms with van der Waals surface area (Å²) in [6.45, 7) is 5.23. The molecule has 0 saturated heterocycles. The molecule has 0 radical (unpaired) electrons. The number of benzene rings is 1. The Kier molecular flexibility index (Phi) is 3.56. The van der Waals surface area contributed by atoms with Crippen molar-refractivity contribution in [2.45, 2.75) is 26.3 Å². The number of hydrogen-bond donors (Lipinski definition) is 1. The van der Waals surface area contributed by atoms with E-state index in [1.54, 1.807) is 17.4 Å². The van der Waals surface area contributed by atoms with Crippen LogP contribution in [-0.4, -0.2) is 6.54 Å². The van der Waals surface area contributed by atoms with Crippen molar-refractivity contribution >= 4 is 21.4 Å². The summed E-state index contributed by atoms with van der Waals surface area (Å²) in [5, 5.41) is 4.45. The summed E-state index contributed by atoms with van der Waals surface area (Å²) in [6.07, 6.45) is 1.06. The van der Waals surface area contributed by atoms with Gasteiger partial charge in [-0.3, -0.25) is 0 Å². The first kappa shape index (κ1) is 11.6. The van der Waals surface area contributed by atoms with Gasteiger partial charge in [0, 0.05) is 15.6 Å². The molecule has 86 valence electrons. The highest BCUT2D eigenvalue weighted by Gasteiger charge is 2.11. The lowest BCUT2D eigenvalue weighted by atomic mass is 10.1. The molecule has 1 atom stereocenters. The molecule has 16 heavy (non-hydrogen) atoms. The molecule has 0 fully saturated rings. The third kappa shape index (κ3) is 2.25. The molecule has 0 aliphatic carbocycles. The second-order valence-electron chi connectivity index (χ2n) is 3.85. The summed E-state index contributed by atoms with van der Waals surface area (Å²) in [6, 6.07) is 7.48. The Morgan fingerprint density at radius 2 is 2.12 bits per heavy atom. The van der Waals surface area contributed by atoms with E-state index in [9.17, 15) is 4.39 Å². The summed E-state index contributed by atoms with van der Waals surface area (Å²) < 4.78 is 14.2. The number of rotatable bonds is 4. The first-order valence-corrected chi connectivity index (χ1v) is 6.48. The maximum absolute atomic E-state index is 13.1. The van der Waals surface area contributed by atoms with Gasteiger partial charge < -0.3 is 5.32 Å². The van der Waals surface area contributed by atoms with Gasteiger partial charge in [-0.05, 0) is 42.6 Å². The predicted molar refractivity (Wildman–Crippen MR) is 68.5 cm³/mol. The van der Waals surface area contributed by atoms with Crippen molar-refractivity contribution in [1.29, 1.82) is 0 Å². The Balaban J connectivity index is 2.37. The van der Waals surface area contributed by atoms with Crippen LogP contribution in [0, 0.1) is 5.82 Å². The van der Waals surface area contributed by atoms with Crippen LogP contribution >= 0.6 is 11.3 Å². The topological polar surface area (TPSA) is 12.0 Å². The van der Waals surface area contributed by atoms with Crippen molar-refractivity contribution in [1.82, 2.24) is 5.32 Å². The van der Waals surface area contributed by atoms with Gasteiger partial charge in [-0.2, -0.15) is 0 Å². The van der Waals surface area contributed by atoms with E-state index in [1.807, 2.05) is 6.07 Å². The fraction of sp³-hybridized carbons (Fsp3) is 0.385. The molecule has 1 N–H and O–H groups in total. The average Bonchev–Trinajstić information content (AvgIpc) is 2.68. The lowest BCUT2D eigenvalue weighted by Crippen LogP contribution is -2.18. The monoisotopic (exact) mass is 237 g/mol. The van der Waals surface area contributed by atoms with E-state index in [2.05, 4.69) is 25.2 Å². The minimum atomic E-state index is -0.159. The van der Waals surface area contributed by atoms with Crippen molar-refractivity contribution in [3.8, 4) is 0 Å². The number of thiophene rings is 1. The largest absolute Gasteiger partial charge is 0.310 e. The number of fused-ring (bicyclic) bond motifs is 1. The van der Waals surface area contributed by atoms with Crippen molar-refractivity contribution in [2.24, 2.45) is 0 Å². The fourth-order valence-electron chi connectivity index (χ4n) is 1.90. The molecular formula is C13H16FNS. The molecule has 1 nitrogen and oxygen atoms in total. The quantitative estimate of drug-likeness (QED) is 0.844. The standard InChI is InChI=1S/C13H16FNS/c1-3-11(15-4-2)13-8-9-7-10(14)5-6-12(9)16-13/h5-8,11,15H,3-4H2,1-2H3. The van der Waals surface area contributed by atoms with E-state index in [0.717, 1.165) is 23.1 Å². The van der Waals surface area contributed by atoms with Crippen molar-refractivity contribution in [3.63, 3.8) is 0 Å². The first-order chi connectivity index (χ1) is 7.74. The highest BCUT2D eigenvalue weighted by Crippen LogP contribution is 2.31. The Hall–Kier alpha value is -0.930. The molecule has 2 rings (SSSR count). The number of hydrogen-bond acceptors (Lipinski definition) is 2. The Labute approximate surface area is 99.3 Å². The summed E-state index contributed by atoms with van der Waals surface area (Å²) in [4.78, 5) is 1.30. The molecule has 1 heterocycles. The number of halogens is 1. The van der Waals surface area contributed by atoms with E-state index < -0.39 is 0 Å². The van der Waals surface area contributed by atoms with Gasteiger partial charge in [0.25, 0.3) is 0 Å². The molecule has 0 spiro atoms. The molecule has 0 aliphatic heterocycles. The fourth-order valence-corrected chi connectivity index (χ4v) is 3.10. The van der Waals surface area contributed by atoms with E-state index in [1.165, 1.54) is 10.9 Å². The number of nitrogens with one attached hydrogen (secondary N) is 1. The molecular weight excluding hydrogens is 221 g/mol. The SMILES string of the molecule is CCNC(CC)c1cc2cc(F)ccc2s1. The molecule has 0 aliphatic rings. The van der Waals surface area contributed by atoms with Crippen LogP contribution < -0.4 is 5.32 Å². The minimum absolute atomic E-state index is 0.159. The second-order valence-corrected chi connectivity index (χ2v) is 4.96. The maximum atomic E-state index is 13.1. The van der Waals surface area contributed by atoms with Crippen molar-refractivity contribution in [3.05, 3.63) is 35.0 Å². The molecule has 0 saturated carbocycles. The first-order valence-electron chi connectivity index (χ1n) is 5.67. The molecule has 0 amide bonds. The van der Waals surface area contributed by atoms with Gasteiger partial charge in [-0.1, -0.05) is 13.8 Å². The van der Waals surface area contributed by atoms with E-state index >= 15 is 0 Å². The Morgan fingerprint density at radius 1 is 1.31 bits per heavy atom. The van der Waals surface area contributed by atoms with E-state index in [4.69, 9.17) is 0 Å². The second kappa shape index (κ2) is 4.93. The third-order valence-corrected chi connectivity index (χ3v) is 3.93. The molecule has 1 unspecified atom stereocenters. The third-order valence-electron chi connectivity index (χ3n) is 2.70. The van der Waals surface area contributed by atoms with Crippen LogP contribution in [0.25, 0.3) is 10.1 Å². The summed E-state index contributed by atoms with van der Waals surface area (Å²) in [5.74, 6) is -0.159. The smallest absolute Gasteiger partial charge is 0.123 e. The lowest BCUT2D eigenvalue weighted by Gasteiger charge is -2.12. The van der Waals surface area contributed by atoms with Crippen molar-refractivity contribution in [2.75, 3.05) is 6.54 Å².